The molecule has 0 saturated carbocycles. The molecule has 0 saturated heterocycles. The summed E-state index contributed by atoms with van der Waals surface area (Å²) in [5.41, 5.74) is 0.392. The molecule has 2 N–H and O–H groups in total. The van der Waals surface area contributed by atoms with Crippen molar-refractivity contribution in [3.63, 3.8) is 0 Å². The smallest absolute Gasteiger partial charge is 0.339 e. The number of rotatable bonds is 7. The van der Waals surface area contributed by atoms with Crippen LogP contribution in [0.15, 0.2) is 47.1 Å². The van der Waals surface area contributed by atoms with E-state index in [0.29, 0.717) is 0 Å². The molecule has 142 valence electrons. The normalized spacial score (nSPS) is 11.2. The van der Waals surface area contributed by atoms with Gasteiger partial charge in [-0.15, -0.1) is 0 Å². The number of benzene rings is 1. The third kappa shape index (κ3) is 5.43. The molecule has 0 radical (unpaired) electrons. The molecular weight excluding hydrogens is 356 g/mol. The van der Waals surface area contributed by atoms with E-state index >= 15 is 0 Å². The molecular formula is C18H18N2O7. The first-order valence-corrected chi connectivity index (χ1v) is 7.90. The van der Waals surface area contributed by atoms with Crippen molar-refractivity contribution < 1.29 is 33.1 Å². The lowest BCUT2D eigenvalue weighted by molar-refractivity contribution is -0.148. The van der Waals surface area contributed by atoms with E-state index in [2.05, 4.69) is 15.4 Å². The van der Waals surface area contributed by atoms with Crippen molar-refractivity contribution in [3.05, 3.63) is 54.0 Å². The Morgan fingerprint density at radius 2 is 1.85 bits per heavy atom. The van der Waals surface area contributed by atoms with Gasteiger partial charge >= 0.3 is 11.9 Å². The maximum Gasteiger partial charge on any atom is 0.339 e. The fourth-order valence-corrected chi connectivity index (χ4v) is 2.06. The van der Waals surface area contributed by atoms with Gasteiger partial charge in [-0.1, -0.05) is 12.1 Å². The highest BCUT2D eigenvalue weighted by atomic mass is 16.5. The molecule has 0 unspecified atom stereocenters. The van der Waals surface area contributed by atoms with Crippen molar-refractivity contribution in [2.45, 2.75) is 13.0 Å². The Hall–Kier alpha value is -3.62. The second-order valence-electron chi connectivity index (χ2n) is 5.37. The van der Waals surface area contributed by atoms with Crippen LogP contribution in [-0.2, 0) is 19.1 Å². The fraction of sp³-hybridized carbons (Fsp3) is 0.222. The van der Waals surface area contributed by atoms with Crippen LogP contribution in [-0.4, -0.2) is 43.5 Å². The standard InChI is InChI=1S/C18H18N2O7/c1-11(19-16(22)14-8-5-9-26-14)17(23)27-10-15(21)20-13-7-4-3-6-12(13)18(24)25-2/h3-9,11H,10H2,1-2H3,(H,19,22)(H,20,21)/t11-/m0/s1. The lowest BCUT2D eigenvalue weighted by Crippen LogP contribution is -2.40. The van der Waals surface area contributed by atoms with Crippen LogP contribution < -0.4 is 10.6 Å². The Balaban J connectivity index is 1.85. The molecule has 2 rings (SSSR count). The number of nitrogens with one attached hydrogen (secondary N) is 2. The second-order valence-corrected chi connectivity index (χ2v) is 5.37. The molecule has 1 aromatic heterocycles. The van der Waals surface area contributed by atoms with Crippen molar-refractivity contribution in [1.29, 1.82) is 0 Å². The van der Waals surface area contributed by atoms with Crippen molar-refractivity contribution in [3.8, 4) is 0 Å². The summed E-state index contributed by atoms with van der Waals surface area (Å²) in [7, 11) is 1.22. The van der Waals surface area contributed by atoms with E-state index in [1.807, 2.05) is 0 Å². The minimum absolute atomic E-state index is 0.0480. The molecule has 1 heterocycles. The number of amides is 2. The number of anilines is 1. The molecule has 0 bridgehead atoms. The van der Waals surface area contributed by atoms with Crippen LogP contribution in [0.2, 0.25) is 0 Å². The van der Waals surface area contributed by atoms with Gasteiger partial charge in [-0.3, -0.25) is 9.59 Å². The van der Waals surface area contributed by atoms with E-state index in [-0.39, 0.29) is 17.0 Å². The van der Waals surface area contributed by atoms with Gasteiger partial charge in [0.2, 0.25) is 0 Å². The number of hydrogen-bond acceptors (Lipinski definition) is 7. The summed E-state index contributed by atoms with van der Waals surface area (Å²) in [6, 6.07) is 8.23. The Morgan fingerprint density at radius 1 is 1.11 bits per heavy atom. The summed E-state index contributed by atoms with van der Waals surface area (Å²) in [6.45, 7) is 0.822. The van der Waals surface area contributed by atoms with Crippen LogP contribution >= 0.6 is 0 Å². The highest BCUT2D eigenvalue weighted by Gasteiger charge is 2.21. The zero-order valence-electron chi connectivity index (χ0n) is 14.7. The molecule has 0 aliphatic rings. The summed E-state index contributed by atoms with van der Waals surface area (Å²) >= 11 is 0. The first kappa shape index (κ1) is 19.7. The number of carbonyl (C=O) groups is 4. The van der Waals surface area contributed by atoms with Gasteiger partial charge in [-0.25, -0.2) is 9.59 Å². The lowest BCUT2D eigenvalue weighted by atomic mass is 10.2. The average molecular weight is 374 g/mol. The molecule has 2 amide bonds. The first-order chi connectivity index (χ1) is 12.9. The molecule has 1 aromatic carbocycles. The van der Waals surface area contributed by atoms with E-state index in [4.69, 9.17) is 9.15 Å². The summed E-state index contributed by atoms with van der Waals surface area (Å²) in [5.74, 6) is -2.60. The Kier molecular flexibility index (Phi) is 6.70. The van der Waals surface area contributed by atoms with E-state index < -0.39 is 36.4 Å². The molecule has 1 atom stereocenters. The maximum atomic E-state index is 12.0. The summed E-state index contributed by atoms with van der Waals surface area (Å²) in [6.07, 6.45) is 1.33. The third-order valence-corrected chi connectivity index (χ3v) is 3.40. The Bertz CT molecular complexity index is 830. The zero-order chi connectivity index (χ0) is 19.8. The van der Waals surface area contributed by atoms with Crippen LogP contribution in [0.25, 0.3) is 0 Å². The van der Waals surface area contributed by atoms with Gasteiger partial charge in [0.05, 0.1) is 24.6 Å². The molecule has 0 aliphatic carbocycles. The van der Waals surface area contributed by atoms with Crippen LogP contribution in [0.4, 0.5) is 5.69 Å². The molecule has 0 aliphatic heterocycles. The van der Waals surface area contributed by atoms with E-state index in [0.717, 1.165) is 0 Å². The molecule has 0 spiro atoms. The van der Waals surface area contributed by atoms with Gasteiger partial charge in [-0.05, 0) is 31.2 Å². The zero-order valence-corrected chi connectivity index (χ0v) is 14.7. The van der Waals surface area contributed by atoms with Gasteiger partial charge in [0.1, 0.15) is 6.04 Å². The van der Waals surface area contributed by atoms with Crippen molar-refractivity contribution >= 4 is 29.4 Å². The number of esters is 2. The predicted molar refractivity (Wildman–Crippen MR) is 93.0 cm³/mol. The maximum absolute atomic E-state index is 12.0. The van der Waals surface area contributed by atoms with Gasteiger partial charge in [0.15, 0.2) is 12.4 Å². The van der Waals surface area contributed by atoms with Crippen LogP contribution in [0.1, 0.15) is 27.8 Å². The molecule has 27 heavy (non-hydrogen) atoms. The number of ether oxygens (including phenoxy) is 2. The number of para-hydroxylation sites is 1. The molecule has 0 fully saturated rings. The van der Waals surface area contributed by atoms with Crippen molar-refractivity contribution in [1.82, 2.24) is 5.32 Å². The van der Waals surface area contributed by atoms with Gasteiger partial charge in [0, 0.05) is 0 Å². The first-order valence-electron chi connectivity index (χ1n) is 7.90. The largest absolute Gasteiger partial charge is 0.465 e. The summed E-state index contributed by atoms with van der Waals surface area (Å²) in [5, 5.41) is 4.85. The van der Waals surface area contributed by atoms with Gasteiger partial charge in [-0.2, -0.15) is 0 Å². The second kappa shape index (κ2) is 9.18. The number of furan rings is 1. The van der Waals surface area contributed by atoms with Crippen molar-refractivity contribution in [2.24, 2.45) is 0 Å². The third-order valence-electron chi connectivity index (χ3n) is 3.40. The van der Waals surface area contributed by atoms with E-state index in [1.165, 1.54) is 44.6 Å². The Morgan fingerprint density at radius 3 is 2.52 bits per heavy atom. The van der Waals surface area contributed by atoms with Crippen LogP contribution in [0, 0.1) is 0 Å². The number of carbonyl (C=O) groups excluding carboxylic acids is 4. The minimum atomic E-state index is -0.988. The minimum Gasteiger partial charge on any atom is -0.465 e. The predicted octanol–water partition coefficient (Wildman–Crippen LogP) is 1.37. The molecule has 9 nitrogen and oxygen atoms in total. The van der Waals surface area contributed by atoms with Gasteiger partial charge in [0.25, 0.3) is 11.8 Å². The van der Waals surface area contributed by atoms with E-state index in [9.17, 15) is 19.2 Å². The van der Waals surface area contributed by atoms with E-state index in [1.54, 1.807) is 12.1 Å². The van der Waals surface area contributed by atoms with Crippen molar-refractivity contribution in [2.75, 3.05) is 19.0 Å². The number of hydrogen-bond donors (Lipinski definition) is 2. The quantitative estimate of drug-likeness (QED) is 0.701. The highest BCUT2D eigenvalue weighted by molar-refractivity contribution is 6.02. The highest BCUT2D eigenvalue weighted by Crippen LogP contribution is 2.15. The topological polar surface area (TPSA) is 124 Å². The molecule has 9 heteroatoms. The fourth-order valence-electron chi connectivity index (χ4n) is 2.06. The summed E-state index contributed by atoms with van der Waals surface area (Å²) in [4.78, 5) is 47.3. The summed E-state index contributed by atoms with van der Waals surface area (Å²) < 4.78 is 14.4. The van der Waals surface area contributed by atoms with Gasteiger partial charge < -0.3 is 24.5 Å². The van der Waals surface area contributed by atoms with Crippen LogP contribution in [0.3, 0.4) is 0 Å². The number of methoxy groups -OCH3 is 1. The SMILES string of the molecule is COC(=O)c1ccccc1NC(=O)COC(=O)[C@H](C)NC(=O)c1ccco1. The Labute approximate surface area is 154 Å². The lowest BCUT2D eigenvalue weighted by Gasteiger charge is -2.13. The van der Waals surface area contributed by atoms with Crippen LogP contribution in [0.5, 0.6) is 0 Å². The average Bonchev–Trinajstić information content (AvgIpc) is 3.20. The monoisotopic (exact) mass is 374 g/mol. The molecule has 2 aromatic rings.